The van der Waals surface area contributed by atoms with Gasteiger partial charge in [0.1, 0.15) is 12.4 Å². The zero-order valence-corrected chi connectivity index (χ0v) is 19.7. The van der Waals surface area contributed by atoms with Gasteiger partial charge in [-0.25, -0.2) is 0 Å². The summed E-state index contributed by atoms with van der Waals surface area (Å²) in [7, 11) is 0. The number of ether oxygens (including phenoxy) is 1. The Morgan fingerprint density at radius 1 is 1.27 bits per heavy atom. The van der Waals surface area contributed by atoms with Crippen LogP contribution in [-0.4, -0.2) is 31.3 Å². The van der Waals surface area contributed by atoms with Crippen LogP contribution in [-0.2, 0) is 17.9 Å². The molecule has 0 unspecified atom stereocenters. The van der Waals surface area contributed by atoms with Crippen molar-refractivity contribution in [2.24, 2.45) is 0 Å². The molecule has 1 amide bonds. The van der Waals surface area contributed by atoms with Gasteiger partial charge in [0.2, 0.25) is 5.91 Å². The molecule has 1 heterocycles. The molecule has 0 saturated heterocycles. The molecule has 0 spiro atoms. The van der Waals surface area contributed by atoms with Gasteiger partial charge in [0, 0.05) is 18.7 Å². The smallest absolute Gasteiger partial charge is 0.271 e. The SMILES string of the molecule is C=CCn1c(COc2ccc(C)c(C)c2)nnc1SCC(=O)Nc1cc([N+](=O)[O-])ccc1Cl. The van der Waals surface area contributed by atoms with Gasteiger partial charge in [-0.05, 0) is 43.2 Å². The first-order valence-corrected chi connectivity index (χ1v) is 11.2. The quantitative estimate of drug-likeness (QED) is 0.186. The molecule has 0 aliphatic heterocycles. The van der Waals surface area contributed by atoms with Gasteiger partial charge in [0.25, 0.3) is 5.69 Å². The van der Waals surface area contributed by atoms with Crippen molar-refractivity contribution in [3.63, 3.8) is 0 Å². The third-order valence-electron chi connectivity index (χ3n) is 4.72. The predicted molar refractivity (Wildman–Crippen MR) is 128 cm³/mol. The number of aryl methyl sites for hydroxylation is 2. The first-order valence-electron chi connectivity index (χ1n) is 9.88. The van der Waals surface area contributed by atoms with E-state index in [2.05, 4.69) is 22.1 Å². The Balaban J connectivity index is 1.65. The highest BCUT2D eigenvalue weighted by molar-refractivity contribution is 7.99. The summed E-state index contributed by atoms with van der Waals surface area (Å²) < 4.78 is 7.67. The van der Waals surface area contributed by atoms with E-state index in [4.69, 9.17) is 16.3 Å². The number of hydrogen-bond donors (Lipinski definition) is 1. The van der Waals surface area contributed by atoms with Gasteiger partial charge < -0.3 is 10.1 Å². The molecule has 1 N–H and O–H groups in total. The fourth-order valence-electron chi connectivity index (χ4n) is 2.84. The predicted octanol–water partition coefficient (Wildman–Crippen LogP) is 4.95. The molecule has 33 heavy (non-hydrogen) atoms. The zero-order chi connectivity index (χ0) is 24.0. The number of thioether (sulfide) groups is 1. The molecule has 0 aliphatic rings. The molecule has 1 aromatic heterocycles. The average molecular weight is 488 g/mol. The second-order valence-electron chi connectivity index (χ2n) is 7.09. The monoisotopic (exact) mass is 487 g/mol. The number of non-ortho nitro benzene ring substituents is 1. The van der Waals surface area contributed by atoms with E-state index in [0.717, 1.165) is 11.3 Å². The molecule has 0 radical (unpaired) electrons. The Morgan fingerprint density at radius 2 is 2.06 bits per heavy atom. The maximum Gasteiger partial charge on any atom is 0.271 e. The van der Waals surface area contributed by atoms with E-state index in [-0.39, 0.29) is 34.7 Å². The fourth-order valence-corrected chi connectivity index (χ4v) is 3.77. The van der Waals surface area contributed by atoms with Gasteiger partial charge in [0.15, 0.2) is 11.0 Å². The van der Waals surface area contributed by atoms with Crippen LogP contribution in [0.25, 0.3) is 0 Å². The van der Waals surface area contributed by atoms with Crippen LogP contribution in [0.2, 0.25) is 5.02 Å². The third kappa shape index (κ3) is 6.33. The molecule has 0 atom stereocenters. The summed E-state index contributed by atoms with van der Waals surface area (Å²) >= 11 is 7.21. The maximum atomic E-state index is 12.4. The molecule has 3 aromatic rings. The standard InChI is InChI=1S/C22H22ClN5O4S/c1-4-9-27-20(12-32-17-7-5-14(2)15(3)10-17)25-26-22(27)33-13-21(29)24-19-11-16(28(30)31)6-8-18(19)23/h4-8,10-11H,1,9,12-13H2,2-3H3,(H,24,29). The molecule has 0 aliphatic carbocycles. The number of allylic oxidation sites excluding steroid dienone is 1. The average Bonchev–Trinajstić information content (AvgIpc) is 3.16. The summed E-state index contributed by atoms with van der Waals surface area (Å²) in [6, 6.07) is 9.70. The van der Waals surface area contributed by atoms with Crippen molar-refractivity contribution >= 4 is 40.6 Å². The highest BCUT2D eigenvalue weighted by atomic mass is 35.5. The molecule has 172 valence electrons. The number of nitro groups is 1. The number of anilines is 1. The molecule has 2 aromatic carbocycles. The minimum atomic E-state index is -0.556. The molecule has 0 fully saturated rings. The van der Waals surface area contributed by atoms with E-state index < -0.39 is 4.92 Å². The molecular weight excluding hydrogens is 466 g/mol. The Kier molecular flexibility index (Phi) is 8.07. The Hall–Kier alpha value is -3.37. The minimum absolute atomic E-state index is 0.00626. The van der Waals surface area contributed by atoms with Crippen molar-refractivity contribution in [3.05, 3.63) is 81.1 Å². The van der Waals surface area contributed by atoms with Crippen LogP contribution in [0.15, 0.2) is 54.2 Å². The van der Waals surface area contributed by atoms with E-state index in [1.54, 1.807) is 6.08 Å². The van der Waals surface area contributed by atoms with Gasteiger partial charge in [-0.2, -0.15) is 0 Å². The van der Waals surface area contributed by atoms with Crippen LogP contribution in [0.3, 0.4) is 0 Å². The molecule has 0 bridgehead atoms. The zero-order valence-electron chi connectivity index (χ0n) is 18.1. The van der Waals surface area contributed by atoms with E-state index in [1.807, 2.05) is 36.6 Å². The first-order chi connectivity index (χ1) is 15.8. The molecule has 9 nitrogen and oxygen atoms in total. The van der Waals surface area contributed by atoms with Crippen molar-refractivity contribution in [2.75, 3.05) is 11.1 Å². The van der Waals surface area contributed by atoms with Crippen molar-refractivity contribution in [1.82, 2.24) is 14.8 Å². The summed E-state index contributed by atoms with van der Waals surface area (Å²) in [4.78, 5) is 22.8. The van der Waals surface area contributed by atoms with Crippen LogP contribution in [0, 0.1) is 24.0 Å². The van der Waals surface area contributed by atoms with Gasteiger partial charge in [-0.3, -0.25) is 19.5 Å². The number of nitro benzene ring substituents is 1. The third-order valence-corrected chi connectivity index (χ3v) is 6.01. The topological polar surface area (TPSA) is 112 Å². The largest absolute Gasteiger partial charge is 0.486 e. The Bertz CT molecular complexity index is 1200. The van der Waals surface area contributed by atoms with Crippen molar-refractivity contribution in [1.29, 1.82) is 0 Å². The number of carbonyl (C=O) groups excluding carboxylic acids is 1. The van der Waals surface area contributed by atoms with Crippen LogP contribution < -0.4 is 10.1 Å². The number of aromatic nitrogens is 3. The normalized spacial score (nSPS) is 10.6. The van der Waals surface area contributed by atoms with E-state index in [9.17, 15) is 14.9 Å². The Labute approximate surface area is 200 Å². The second-order valence-corrected chi connectivity index (χ2v) is 8.44. The molecule has 3 rings (SSSR count). The summed E-state index contributed by atoms with van der Waals surface area (Å²) in [5, 5.41) is 22.6. The van der Waals surface area contributed by atoms with E-state index >= 15 is 0 Å². The maximum absolute atomic E-state index is 12.4. The van der Waals surface area contributed by atoms with Crippen LogP contribution in [0.5, 0.6) is 5.75 Å². The number of amides is 1. The second kappa shape index (κ2) is 11.0. The van der Waals surface area contributed by atoms with Crippen molar-refractivity contribution < 1.29 is 14.5 Å². The highest BCUT2D eigenvalue weighted by Crippen LogP contribution is 2.27. The number of halogens is 1. The van der Waals surface area contributed by atoms with Crippen molar-refractivity contribution in [2.45, 2.75) is 32.2 Å². The fraction of sp³-hybridized carbons (Fsp3) is 0.227. The molecule has 0 saturated carbocycles. The van der Waals surface area contributed by atoms with E-state index in [1.165, 1.54) is 35.5 Å². The van der Waals surface area contributed by atoms with Crippen LogP contribution >= 0.6 is 23.4 Å². The van der Waals surface area contributed by atoms with E-state index in [0.29, 0.717) is 17.5 Å². The Morgan fingerprint density at radius 3 is 2.76 bits per heavy atom. The van der Waals surface area contributed by atoms with Crippen LogP contribution in [0.4, 0.5) is 11.4 Å². The first kappa shape index (κ1) is 24.3. The number of nitrogens with one attached hydrogen (secondary N) is 1. The molecular formula is C22H22ClN5O4S. The lowest BCUT2D eigenvalue weighted by molar-refractivity contribution is -0.384. The summed E-state index contributed by atoms with van der Waals surface area (Å²) in [6.45, 7) is 8.47. The number of carbonyl (C=O) groups is 1. The summed E-state index contributed by atoms with van der Waals surface area (Å²) in [5.74, 6) is 0.946. The number of benzene rings is 2. The van der Waals surface area contributed by atoms with Crippen LogP contribution in [0.1, 0.15) is 17.0 Å². The van der Waals surface area contributed by atoms with Gasteiger partial charge >= 0.3 is 0 Å². The number of hydrogen-bond acceptors (Lipinski definition) is 7. The molecule has 11 heteroatoms. The highest BCUT2D eigenvalue weighted by Gasteiger charge is 2.16. The lowest BCUT2D eigenvalue weighted by Crippen LogP contribution is -2.15. The minimum Gasteiger partial charge on any atom is -0.486 e. The number of nitrogens with zero attached hydrogens (tertiary/aromatic N) is 4. The van der Waals surface area contributed by atoms with Crippen molar-refractivity contribution in [3.8, 4) is 5.75 Å². The van der Waals surface area contributed by atoms with Gasteiger partial charge in [0.05, 0.1) is 21.4 Å². The van der Waals surface area contributed by atoms with Gasteiger partial charge in [-0.15, -0.1) is 16.8 Å². The lowest BCUT2D eigenvalue weighted by Gasteiger charge is -2.10. The lowest BCUT2D eigenvalue weighted by atomic mass is 10.1. The number of rotatable bonds is 10. The summed E-state index contributed by atoms with van der Waals surface area (Å²) in [6.07, 6.45) is 1.70. The van der Waals surface area contributed by atoms with Gasteiger partial charge in [-0.1, -0.05) is 35.5 Å². The summed E-state index contributed by atoms with van der Waals surface area (Å²) in [5.41, 5.74) is 2.32.